The minimum atomic E-state index is -2.73. The van der Waals surface area contributed by atoms with Crippen LogP contribution in [0, 0.1) is 0 Å². The molecule has 0 amide bonds. The standard InChI is InChI=1S/C10H12ClNO2S/c11-9-3-1-2-8(4-9)5-12-10-6-15(13,14)7-10/h1-4,10,12H,5-7H2. The van der Waals surface area contributed by atoms with E-state index in [4.69, 9.17) is 11.6 Å². The zero-order chi connectivity index (χ0) is 10.9. The van der Waals surface area contributed by atoms with Crippen molar-refractivity contribution in [3.8, 4) is 0 Å². The highest BCUT2D eigenvalue weighted by Crippen LogP contribution is 2.13. The zero-order valence-electron chi connectivity index (χ0n) is 8.11. The van der Waals surface area contributed by atoms with E-state index in [0.29, 0.717) is 11.6 Å². The van der Waals surface area contributed by atoms with Crippen molar-refractivity contribution in [1.82, 2.24) is 5.32 Å². The maximum atomic E-state index is 10.9. The van der Waals surface area contributed by atoms with Crippen LogP contribution in [0.5, 0.6) is 0 Å². The summed E-state index contributed by atoms with van der Waals surface area (Å²) < 4.78 is 21.8. The summed E-state index contributed by atoms with van der Waals surface area (Å²) in [7, 11) is -2.73. The summed E-state index contributed by atoms with van der Waals surface area (Å²) in [6.07, 6.45) is 0. The quantitative estimate of drug-likeness (QED) is 0.871. The van der Waals surface area contributed by atoms with Crippen LogP contribution in [-0.4, -0.2) is 26.0 Å². The molecule has 82 valence electrons. The molecule has 1 aromatic rings. The Morgan fingerprint density at radius 2 is 2.13 bits per heavy atom. The third-order valence-electron chi connectivity index (χ3n) is 2.39. The van der Waals surface area contributed by atoms with Crippen molar-refractivity contribution in [1.29, 1.82) is 0 Å². The molecule has 1 fully saturated rings. The first-order valence-electron chi connectivity index (χ1n) is 4.73. The first kappa shape index (κ1) is 10.9. The molecule has 1 saturated heterocycles. The van der Waals surface area contributed by atoms with E-state index < -0.39 is 9.84 Å². The molecule has 0 aliphatic carbocycles. The van der Waals surface area contributed by atoms with Gasteiger partial charge in [-0.05, 0) is 17.7 Å². The first-order valence-corrected chi connectivity index (χ1v) is 6.93. The molecule has 0 unspecified atom stereocenters. The molecule has 1 aromatic carbocycles. The van der Waals surface area contributed by atoms with Crippen LogP contribution in [0.2, 0.25) is 5.02 Å². The Balaban J connectivity index is 1.84. The van der Waals surface area contributed by atoms with Gasteiger partial charge in [-0.25, -0.2) is 8.42 Å². The fourth-order valence-corrected chi connectivity index (χ4v) is 3.17. The van der Waals surface area contributed by atoms with Crippen molar-refractivity contribution >= 4 is 21.4 Å². The van der Waals surface area contributed by atoms with E-state index in [1.807, 2.05) is 24.3 Å². The van der Waals surface area contributed by atoms with E-state index >= 15 is 0 Å². The molecular weight excluding hydrogens is 234 g/mol. The molecule has 1 aliphatic heterocycles. The monoisotopic (exact) mass is 245 g/mol. The topological polar surface area (TPSA) is 46.2 Å². The van der Waals surface area contributed by atoms with Gasteiger partial charge in [0, 0.05) is 17.6 Å². The summed E-state index contributed by atoms with van der Waals surface area (Å²) in [5, 5.41) is 3.88. The van der Waals surface area contributed by atoms with Crippen LogP contribution in [0.25, 0.3) is 0 Å². The van der Waals surface area contributed by atoms with Crippen LogP contribution in [-0.2, 0) is 16.4 Å². The van der Waals surface area contributed by atoms with E-state index in [-0.39, 0.29) is 17.5 Å². The Kier molecular flexibility index (Phi) is 3.00. The second-order valence-electron chi connectivity index (χ2n) is 3.78. The second kappa shape index (κ2) is 4.12. The van der Waals surface area contributed by atoms with Gasteiger partial charge in [0.1, 0.15) is 0 Å². The van der Waals surface area contributed by atoms with E-state index in [1.165, 1.54) is 0 Å². The molecule has 15 heavy (non-hydrogen) atoms. The summed E-state index contributed by atoms with van der Waals surface area (Å²) in [5.41, 5.74) is 1.08. The maximum Gasteiger partial charge on any atom is 0.153 e. The molecule has 0 saturated carbocycles. The highest BCUT2D eigenvalue weighted by molar-refractivity contribution is 7.92. The predicted octanol–water partition coefficient (Wildman–Crippen LogP) is 1.23. The van der Waals surface area contributed by atoms with Gasteiger partial charge in [-0.15, -0.1) is 0 Å². The van der Waals surface area contributed by atoms with Gasteiger partial charge in [0.15, 0.2) is 9.84 Å². The van der Waals surface area contributed by atoms with Crippen LogP contribution in [0.15, 0.2) is 24.3 Å². The number of halogens is 1. The van der Waals surface area contributed by atoms with E-state index in [2.05, 4.69) is 5.32 Å². The highest BCUT2D eigenvalue weighted by atomic mass is 35.5. The highest BCUT2D eigenvalue weighted by Gasteiger charge is 2.32. The van der Waals surface area contributed by atoms with Crippen molar-refractivity contribution in [2.24, 2.45) is 0 Å². The van der Waals surface area contributed by atoms with Gasteiger partial charge in [-0.2, -0.15) is 0 Å². The molecule has 3 nitrogen and oxygen atoms in total. The average molecular weight is 246 g/mol. The summed E-state index contributed by atoms with van der Waals surface area (Å²) in [6.45, 7) is 0.667. The molecule has 0 radical (unpaired) electrons. The second-order valence-corrected chi connectivity index (χ2v) is 6.37. The Labute approximate surface area is 94.4 Å². The molecule has 0 spiro atoms. The Hall–Kier alpha value is -0.580. The number of benzene rings is 1. The van der Waals surface area contributed by atoms with Crippen molar-refractivity contribution in [2.75, 3.05) is 11.5 Å². The largest absolute Gasteiger partial charge is 0.308 e. The number of hydrogen-bond donors (Lipinski definition) is 1. The molecule has 0 bridgehead atoms. The molecular formula is C10H12ClNO2S. The van der Waals surface area contributed by atoms with Crippen molar-refractivity contribution < 1.29 is 8.42 Å². The van der Waals surface area contributed by atoms with Gasteiger partial charge in [0.05, 0.1) is 11.5 Å². The molecule has 1 N–H and O–H groups in total. The summed E-state index contributed by atoms with van der Waals surface area (Å²) in [5.74, 6) is 0.515. The van der Waals surface area contributed by atoms with Crippen molar-refractivity contribution in [2.45, 2.75) is 12.6 Å². The summed E-state index contributed by atoms with van der Waals surface area (Å²) in [6, 6.07) is 7.65. The third kappa shape index (κ3) is 2.93. The molecule has 0 aromatic heterocycles. The number of nitrogens with one attached hydrogen (secondary N) is 1. The lowest BCUT2D eigenvalue weighted by Crippen LogP contribution is -2.50. The summed E-state index contributed by atoms with van der Waals surface area (Å²) in [4.78, 5) is 0. The Morgan fingerprint density at radius 3 is 2.73 bits per heavy atom. The van der Waals surface area contributed by atoms with Crippen molar-refractivity contribution in [3.05, 3.63) is 34.9 Å². The molecule has 2 rings (SSSR count). The van der Waals surface area contributed by atoms with E-state index in [1.54, 1.807) is 0 Å². The number of hydrogen-bond acceptors (Lipinski definition) is 3. The molecule has 5 heteroatoms. The molecule has 1 aliphatic rings. The predicted molar refractivity (Wildman–Crippen MR) is 60.7 cm³/mol. The smallest absolute Gasteiger partial charge is 0.153 e. The van der Waals surface area contributed by atoms with Gasteiger partial charge < -0.3 is 5.32 Å². The lowest BCUT2D eigenvalue weighted by Gasteiger charge is -2.26. The summed E-state index contributed by atoms with van der Waals surface area (Å²) >= 11 is 5.83. The minimum absolute atomic E-state index is 0.106. The minimum Gasteiger partial charge on any atom is -0.308 e. The van der Waals surface area contributed by atoms with Crippen LogP contribution in [0.3, 0.4) is 0 Å². The van der Waals surface area contributed by atoms with Crippen LogP contribution < -0.4 is 5.32 Å². The average Bonchev–Trinajstić information content (AvgIpc) is 2.11. The number of sulfone groups is 1. The van der Waals surface area contributed by atoms with Gasteiger partial charge in [0.25, 0.3) is 0 Å². The fourth-order valence-electron chi connectivity index (χ4n) is 1.59. The van der Waals surface area contributed by atoms with E-state index in [0.717, 1.165) is 5.56 Å². The molecule has 1 heterocycles. The van der Waals surface area contributed by atoms with Gasteiger partial charge in [-0.1, -0.05) is 23.7 Å². The van der Waals surface area contributed by atoms with E-state index in [9.17, 15) is 8.42 Å². The van der Waals surface area contributed by atoms with Gasteiger partial charge in [0.2, 0.25) is 0 Å². The first-order chi connectivity index (χ1) is 7.05. The van der Waals surface area contributed by atoms with Crippen molar-refractivity contribution in [3.63, 3.8) is 0 Å². The Morgan fingerprint density at radius 1 is 1.40 bits per heavy atom. The van der Waals surface area contributed by atoms with Crippen LogP contribution in [0.1, 0.15) is 5.56 Å². The SMILES string of the molecule is O=S1(=O)CC(NCc2cccc(Cl)c2)C1. The Bertz CT molecular complexity index is 446. The molecule has 0 atom stereocenters. The third-order valence-corrected chi connectivity index (χ3v) is 4.45. The lowest BCUT2D eigenvalue weighted by atomic mass is 10.2. The van der Waals surface area contributed by atoms with Crippen LogP contribution >= 0.6 is 11.6 Å². The number of rotatable bonds is 3. The fraction of sp³-hybridized carbons (Fsp3) is 0.400. The normalized spacial score (nSPS) is 19.8. The van der Waals surface area contributed by atoms with Crippen LogP contribution in [0.4, 0.5) is 0 Å². The zero-order valence-corrected chi connectivity index (χ0v) is 9.68. The van der Waals surface area contributed by atoms with Gasteiger partial charge in [-0.3, -0.25) is 0 Å². The van der Waals surface area contributed by atoms with Gasteiger partial charge >= 0.3 is 0 Å². The maximum absolute atomic E-state index is 10.9. The lowest BCUT2D eigenvalue weighted by molar-refractivity contribution is 0.511.